The molecular weight excluding hydrogens is 316 g/mol. The zero-order valence-electron chi connectivity index (χ0n) is 11.3. The Morgan fingerprint density at radius 3 is 2.75 bits per heavy atom. The summed E-state index contributed by atoms with van der Waals surface area (Å²) in [6, 6.07) is 13.6. The van der Waals surface area contributed by atoms with E-state index >= 15 is 0 Å². The minimum Gasteiger partial charge on any atom is -0.397 e. The Labute approximate surface area is 127 Å². The van der Waals surface area contributed by atoms with Gasteiger partial charge in [0.25, 0.3) is 0 Å². The van der Waals surface area contributed by atoms with E-state index in [1.165, 1.54) is 11.1 Å². The Hall–Kier alpha value is -1.81. The molecule has 0 radical (unpaired) electrons. The van der Waals surface area contributed by atoms with E-state index in [0.29, 0.717) is 17.8 Å². The molecule has 0 unspecified atom stereocenters. The number of anilines is 2. The highest BCUT2D eigenvalue weighted by Gasteiger charge is 2.06. The molecule has 20 heavy (non-hydrogen) atoms. The van der Waals surface area contributed by atoms with Crippen LogP contribution in [-0.2, 0) is 11.2 Å². The standard InChI is InChI=1S/C16H17BrN2O/c1-11-3-2-4-12(9-11)5-8-16(20)19-15-7-6-13(17)10-14(15)18/h2-4,6-7,9-10H,5,8,18H2,1H3,(H,19,20). The van der Waals surface area contributed by atoms with Gasteiger partial charge in [0.15, 0.2) is 0 Å². The van der Waals surface area contributed by atoms with Crippen molar-refractivity contribution in [3.63, 3.8) is 0 Å². The summed E-state index contributed by atoms with van der Waals surface area (Å²) in [5, 5.41) is 2.84. The van der Waals surface area contributed by atoms with Gasteiger partial charge in [0.2, 0.25) is 5.91 Å². The van der Waals surface area contributed by atoms with Gasteiger partial charge in [0, 0.05) is 10.9 Å². The van der Waals surface area contributed by atoms with E-state index in [2.05, 4.69) is 27.3 Å². The SMILES string of the molecule is Cc1cccc(CCC(=O)Nc2ccc(Br)cc2N)c1. The first-order valence-corrected chi connectivity index (χ1v) is 7.24. The second kappa shape index (κ2) is 6.57. The summed E-state index contributed by atoms with van der Waals surface area (Å²) in [5.74, 6) is -0.0273. The van der Waals surface area contributed by atoms with Crippen molar-refractivity contribution >= 4 is 33.2 Å². The van der Waals surface area contributed by atoms with Gasteiger partial charge in [-0.15, -0.1) is 0 Å². The number of benzene rings is 2. The normalized spacial score (nSPS) is 10.3. The predicted octanol–water partition coefficient (Wildman–Crippen LogP) is 3.91. The predicted molar refractivity (Wildman–Crippen MR) is 86.7 cm³/mol. The zero-order chi connectivity index (χ0) is 14.5. The summed E-state index contributed by atoms with van der Waals surface area (Å²) in [4.78, 5) is 11.9. The summed E-state index contributed by atoms with van der Waals surface area (Å²) >= 11 is 3.34. The summed E-state index contributed by atoms with van der Waals surface area (Å²) < 4.78 is 0.896. The maximum Gasteiger partial charge on any atom is 0.224 e. The summed E-state index contributed by atoms with van der Waals surface area (Å²) in [5.41, 5.74) is 9.44. The van der Waals surface area contributed by atoms with E-state index in [0.717, 1.165) is 10.9 Å². The molecule has 2 aromatic rings. The fourth-order valence-electron chi connectivity index (χ4n) is 1.99. The molecular formula is C16H17BrN2O. The number of aryl methyl sites for hydroxylation is 2. The summed E-state index contributed by atoms with van der Waals surface area (Å²) in [6.07, 6.45) is 1.17. The number of carbonyl (C=O) groups is 1. The quantitative estimate of drug-likeness (QED) is 0.834. The second-order valence-corrected chi connectivity index (χ2v) is 5.68. The smallest absolute Gasteiger partial charge is 0.224 e. The van der Waals surface area contributed by atoms with Gasteiger partial charge in [-0.3, -0.25) is 4.79 Å². The molecule has 2 rings (SSSR count). The van der Waals surface area contributed by atoms with Crippen molar-refractivity contribution in [1.82, 2.24) is 0 Å². The van der Waals surface area contributed by atoms with E-state index in [-0.39, 0.29) is 5.91 Å². The van der Waals surface area contributed by atoms with Crippen LogP contribution in [0.2, 0.25) is 0 Å². The first-order chi connectivity index (χ1) is 9.54. The Morgan fingerprint density at radius 1 is 1.25 bits per heavy atom. The average Bonchev–Trinajstić information content (AvgIpc) is 2.40. The first kappa shape index (κ1) is 14.6. The second-order valence-electron chi connectivity index (χ2n) is 4.77. The van der Waals surface area contributed by atoms with Gasteiger partial charge in [0.1, 0.15) is 0 Å². The third-order valence-electron chi connectivity index (χ3n) is 3.01. The summed E-state index contributed by atoms with van der Waals surface area (Å²) in [6.45, 7) is 2.05. The van der Waals surface area contributed by atoms with Gasteiger partial charge in [-0.25, -0.2) is 0 Å². The molecule has 0 fully saturated rings. The van der Waals surface area contributed by atoms with Gasteiger partial charge in [-0.1, -0.05) is 45.8 Å². The lowest BCUT2D eigenvalue weighted by molar-refractivity contribution is -0.116. The molecule has 2 aromatic carbocycles. The number of hydrogen-bond acceptors (Lipinski definition) is 2. The number of nitrogens with two attached hydrogens (primary N) is 1. The summed E-state index contributed by atoms with van der Waals surface area (Å²) in [7, 11) is 0. The fourth-order valence-corrected chi connectivity index (χ4v) is 2.36. The Balaban J connectivity index is 1.92. The molecule has 4 heteroatoms. The van der Waals surface area contributed by atoms with E-state index in [1.54, 1.807) is 12.1 Å². The number of nitrogens with one attached hydrogen (secondary N) is 1. The molecule has 3 nitrogen and oxygen atoms in total. The number of hydrogen-bond donors (Lipinski definition) is 2. The highest BCUT2D eigenvalue weighted by atomic mass is 79.9. The van der Waals surface area contributed by atoms with E-state index in [1.807, 2.05) is 31.2 Å². The third kappa shape index (κ3) is 4.10. The van der Waals surface area contributed by atoms with Gasteiger partial charge in [-0.05, 0) is 37.1 Å². The minimum atomic E-state index is -0.0273. The molecule has 1 amide bonds. The number of halogens is 1. The van der Waals surface area contributed by atoms with E-state index in [4.69, 9.17) is 5.73 Å². The Kier molecular flexibility index (Phi) is 4.79. The van der Waals surface area contributed by atoms with Gasteiger partial charge >= 0.3 is 0 Å². The lowest BCUT2D eigenvalue weighted by Gasteiger charge is -2.08. The van der Waals surface area contributed by atoms with Crippen molar-refractivity contribution in [3.05, 3.63) is 58.1 Å². The first-order valence-electron chi connectivity index (χ1n) is 6.45. The van der Waals surface area contributed by atoms with Crippen molar-refractivity contribution in [1.29, 1.82) is 0 Å². The molecule has 0 spiro atoms. The van der Waals surface area contributed by atoms with Crippen LogP contribution in [-0.4, -0.2) is 5.91 Å². The molecule has 0 atom stereocenters. The lowest BCUT2D eigenvalue weighted by Crippen LogP contribution is -2.13. The molecule has 3 N–H and O–H groups in total. The maximum absolute atomic E-state index is 11.9. The van der Waals surface area contributed by atoms with E-state index in [9.17, 15) is 4.79 Å². The van der Waals surface area contributed by atoms with Crippen LogP contribution >= 0.6 is 15.9 Å². The van der Waals surface area contributed by atoms with Crippen LogP contribution in [0.5, 0.6) is 0 Å². The van der Waals surface area contributed by atoms with Crippen LogP contribution in [0.1, 0.15) is 17.5 Å². The van der Waals surface area contributed by atoms with Crippen molar-refractivity contribution in [2.24, 2.45) is 0 Å². The monoisotopic (exact) mass is 332 g/mol. The number of carbonyl (C=O) groups excluding carboxylic acids is 1. The molecule has 0 saturated heterocycles. The zero-order valence-corrected chi connectivity index (χ0v) is 12.9. The van der Waals surface area contributed by atoms with Gasteiger partial charge < -0.3 is 11.1 Å². The largest absolute Gasteiger partial charge is 0.397 e. The van der Waals surface area contributed by atoms with Crippen molar-refractivity contribution in [3.8, 4) is 0 Å². The van der Waals surface area contributed by atoms with Crippen LogP contribution in [0, 0.1) is 6.92 Å². The van der Waals surface area contributed by atoms with Crippen LogP contribution in [0.25, 0.3) is 0 Å². The Morgan fingerprint density at radius 2 is 2.05 bits per heavy atom. The lowest BCUT2D eigenvalue weighted by atomic mass is 10.1. The van der Waals surface area contributed by atoms with Crippen molar-refractivity contribution < 1.29 is 4.79 Å². The van der Waals surface area contributed by atoms with Gasteiger partial charge in [-0.2, -0.15) is 0 Å². The topological polar surface area (TPSA) is 55.1 Å². The highest BCUT2D eigenvalue weighted by molar-refractivity contribution is 9.10. The van der Waals surface area contributed by atoms with Crippen LogP contribution in [0.15, 0.2) is 46.9 Å². The number of nitrogen functional groups attached to an aromatic ring is 1. The fraction of sp³-hybridized carbons (Fsp3) is 0.188. The van der Waals surface area contributed by atoms with Crippen molar-refractivity contribution in [2.45, 2.75) is 19.8 Å². The molecule has 0 aliphatic heterocycles. The van der Waals surface area contributed by atoms with Crippen LogP contribution in [0.3, 0.4) is 0 Å². The molecule has 0 bridgehead atoms. The van der Waals surface area contributed by atoms with E-state index < -0.39 is 0 Å². The molecule has 0 aliphatic carbocycles. The average molecular weight is 333 g/mol. The molecule has 0 heterocycles. The minimum absolute atomic E-state index is 0.0273. The molecule has 104 valence electrons. The van der Waals surface area contributed by atoms with Crippen molar-refractivity contribution in [2.75, 3.05) is 11.1 Å². The van der Waals surface area contributed by atoms with Crippen LogP contribution < -0.4 is 11.1 Å². The molecule has 0 aromatic heterocycles. The molecule has 0 aliphatic rings. The third-order valence-corrected chi connectivity index (χ3v) is 3.50. The Bertz CT molecular complexity index is 626. The number of rotatable bonds is 4. The van der Waals surface area contributed by atoms with Crippen LogP contribution in [0.4, 0.5) is 11.4 Å². The highest BCUT2D eigenvalue weighted by Crippen LogP contribution is 2.23. The molecule has 0 saturated carbocycles. The van der Waals surface area contributed by atoms with Gasteiger partial charge in [0.05, 0.1) is 11.4 Å². The number of amides is 1. The maximum atomic E-state index is 11.9.